The molecule has 2 amide bonds. The second kappa shape index (κ2) is 9.50. The van der Waals surface area contributed by atoms with Crippen molar-refractivity contribution in [1.82, 2.24) is 10.3 Å². The summed E-state index contributed by atoms with van der Waals surface area (Å²) >= 11 is 1.04. The smallest absolute Gasteiger partial charge is 0.413 e. The van der Waals surface area contributed by atoms with Gasteiger partial charge in [-0.3, -0.25) is 14.9 Å². The zero-order chi connectivity index (χ0) is 24.5. The first-order valence-corrected chi connectivity index (χ1v) is 12.4. The predicted octanol–water partition coefficient (Wildman–Crippen LogP) is 4.80. The molecule has 0 spiro atoms. The van der Waals surface area contributed by atoms with Crippen LogP contribution in [0, 0.1) is 12.8 Å². The number of hydrogen-bond acceptors (Lipinski definition) is 6. The van der Waals surface area contributed by atoms with Gasteiger partial charge in [-0.25, -0.2) is 9.78 Å². The van der Waals surface area contributed by atoms with E-state index >= 15 is 0 Å². The molecule has 0 radical (unpaired) electrons. The average Bonchev–Trinajstić information content (AvgIpc) is 3.53. The second-order valence-electron chi connectivity index (χ2n) is 8.84. The Hall–Kier alpha value is -3.72. The summed E-state index contributed by atoms with van der Waals surface area (Å²) in [6.45, 7) is 1.85. The van der Waals surface area contributed by atoms with Gasteiger partial charge in [-0.05, 0) is 42.0 Å². The molecule has 2 aliphatic carbocycles. The van der Waals surface area contributed by atoms with E-state index in [9.17, 15) is 19.5 Å². The van der Waals surface area contributed by atoms with Gasteiger partial charge in [0.25, 0.3) is 5.91 Å². The number of nitrogens with one attached hydrogen (secondary N) is 2. The van der Waals surface area contributed by atoms with Crippen molar-refractivity contribution in [3.8, 4) is 11.1 Å². The number of carboxylic acids is 1. The average molecular weight is 492 g/mol. The van der Waals surface area contributed by atoms with Crippen molar-refractivity contribution in [1.29, 1.82) is 0 Å². The van der Waals surface area contributed by atoms with E-state index in [0.29, 0.717) is 23.4 Å². The molecule has 0 unspecified atom stereocenters. The number of amides is 2. The number of nitrogens with zero attached hydrogens (tertiary/aromatic N) is 1. The molecule has 5 rings (SSSR count). The minimum atomic E-state index is -0.897. The molecule has 0 aliphatic heterocycles. The monoisotopic (exact) mass is 491 g/mol. The number of anilines is 1. The molecule has 35 heavy (non-hydrogen) atoms. The maximum Gasteiger partial charge on any atom is 0.413 e. The van der Waals surface area contributed by atoms with Crippen LogP contribution in [0.5, 0.6) is 0 Å². The van der Waals surface area contributed by atoms with Gasteiger partial charge in [-0.15, -0.1) is 0 Å². The highest BCUT2D eigenvalue weighted by atomic mass is 32.1. The Kier molecular flexibility index (Phi) is 6.25. The molecule has 1 aromatic heterocycles. The number of aryl methyl sites for hydroxylation is 1. The van der Waals surface area contributed by atoms with E-state index in [-0.39, 0.29) is 23.6 Å². The highest BCUT2D eigenvalue weighted by Crippen LogP contribution is 2.44. The molecular weight excluding hydrogens is 466 g/mol. The molecule has 3 N–H and O–H groups in total. The van der Waals surface area contributed by atoms with E-state index in [1.165, 1.54) is 0 Å². The first-order valence-electron chi connectivity index (χ1n) is 11.6. The van der Waals surface area contributed by atoms with Crippen molar-refractivity contribution in [3.63, 3.8) is 0 Å². The van der Waals surface area contributed by atoms with E-state index in [1.807, 2.05) is 24.3 Å². The summed E-state index contributed by atoms with van der Waals surface area (Å²) in [5.41, 5.74) is 5.01. The van der Waals surface area contributed by atoms with Crippen LogP contribution in [0.2, 0.25) is 0 Å². The number of carbonyl (C=O) groups is 3. The molecule has 0 saturated heterocycles. The second-order valence-corrected chi connectivity index (χ2v) is 9.84. The third kappa shape index (κ3) is 4.51. The first kappa shape index (κ1) is 23.0. The van der Waals surface area contributed by atoms with Gasteiger partial charge < -0.3 is 15.2 Å². The number of carbonyl (C=O) groups excluding carboxylic acids is 2. The molecule has 2 aromatic carbocycles. The summed E-state index contributed by atoms with van der Waals surface area (Å²) < 4.78 is 5.55. The van der Waals surface area contributed by atoms with Gasteiger partial charge in [0.1, 0.15) is 11.5 Å². The van der Waals surface area contributed by atoms with Gasteiger partial charge in [0, 0.05) is 12.0 Å². The van der Waals surface area contributed by atoms with Crippen LogP contribution in [-0.4, -0.2) is 40.7 Å². The van der Waals surface area contributed by atoms with Crippen LogP contribution in [0.15, 0.2) is 48.5 Å². The summed E-state index contributed by atoms with van der Waals surface area (Å²) in [4.78, 5) is 41.3. The lowest BCUT2D eigenvalue weighted by atomic mass is 9.98. The number of thiazole rings is 1. The van der Waals surface area contributed by atoms with Crippen molar-refractivity contribution in [3.05, 3.63) is 70.2 Å². The number of ether oxygens (including phenoxy) is 1. The Morgan fingerprint density at radius 3 is 2.37 bits per heavy atom. The van der Waals surface area contributed by atoms with Gasteiger partial charge >= 0.3 is 12.1 Å². The maximum absolute atomic E-state index is 12.7. The zero-order valence-corrected chi connectivity index (χ0v) is 19.9. The third-order valence-electron chi connectivity index (χ3n) is 6.71. The molecular formula is C26H25N3O5S. The van der Waals surface area contributed by atoms with Crippen molar-refractivity contribution in [2.24, 2.45) is 5.92 Å². The quantitative estimate of drug-likeness (QED) is 0.456. The summed E-state index contributed by atoms with van der Waals surface area (Å²) in [6, 6.07) is 15.8. The van der Waals surface area contributed by atoms with Crippen LogP contribution >= 0.6 is 11.3 Å². The van der Waals surface area contributed by atoms with Gasteiger partial charge in [0.15, 0.2) is 5.13 Å². The Balaban J connectivity index is 1.22. The number of carboxylic acid groups (broad SMARTS) is 1. The van der Waals surface area contributed by atoms with Crippen LogP contribution in [0.4, 0.5) is 9.93 Å². The van der Waals surface area contributed by atoms with Gasteiger partial charge in [-0.1, -0.05) is 66.3 Å². The molecule has 180 valence electrons. The predicted molar refractivity (Wildman–Crippen MR) is 132 cm³/mol. The fraction of sp³-hybridized carbons (Fsp3) is 0.308. The number of rotatable bonds is 6. The van der Waals surface area contributed by atoms with E-state index in [2.05, 4.69) is 39.9 Å². The Labute approximate surface area is 206 Å². The molecule has 1 fully saturated rings. The standard InChI is InChI=1S/C26H25N3O5S/c1-14-22(23(30)28-21-12-6-11-19(21)24(31)32)35-25(27-14)29-26(33)34-13-20-17-9-4-2-7-15(17)16-8-3-5-10-18(16)20/h2-5,7-10,19-21H,6,11-13H2,1H3,(H,28,30)(H,31,32)(H,27,29,33)/t19-,21+/m0/s1. The molecule has 2 aliphatic rings. The van der Waals surface area contributed by atoms with Gasteiger partial charge in [-0.2, -0.15) is 0 Å². The number of fused-ring (bicyclic) bond motifs is 3. The van der Waals surface area contributed by atoms with E-state index in [1.54, 1.807) is 6.92 Å². The van der Waals surface area contributed by atoms with Crippen molar-refractivity contribution >= 4 is 34.4 Å². The summed E-state index contributed by atoms with van der Waals surface area (Å²) in [7, 11) is 0. The molecule has 8 nitrogen and oxygen atoms in total. The normalized spacial score (nSPS) is 18.5. The lowest BCUT2D eigenvalue weighted by Gasteiger charge is -2.17. The van der Waals surface area contributed by atoms with Crippen LogP contribution in [0.1, 0.15) is 51.7 Å². The highest BCUT2D eigenvalue weighted by molar-refractivity contribution is 7.17. The summed E-state index contributed by atoms with van der Waals surface area (Å²) in [5.74, 6) is -1.91. The lowest BCUT2D eigenvalue weighted by molar-refractivity contribution is -0.142. The number of hydrogen-bond donors (Lipinski definition) is 3. The van der Waals surface area contributed by atoms with Crippen LogP contribution < -0.4 is 10.6 Å². The van der Waals surface area contributed by atoms with Crippen molar-refractivity contribution in [2.75, 3.05) is 11.9 Å². The Morgan fingerprint density at radius 1 is 1.06 bits per heavy atom. The maximum atomic E-state index is 12.7. The van der Waals surface area contributed by atoms with Crippen molar-refractivity contribution in [2.45, 2.75) is 38.1 Å². The first-order chi connectivity index (χ1) is 16.9. The van der Waals surface area contributed by atoms with Gasteiger partial charge in [0.05, 0.1) is 11.6 Å². The minimum Gasteiger partial charge on any atom is -0.481 e. The largest absolute Gasteiger partial charge is 0.481 e. The topological polar surface area (TPSA) is 118 Å². The Bertz CT molecular complexity index is 1260. The Morgan fingerprint density at radius 2 is 1.71 bits per heavy atom. The highest BCUT2D eigenvalue weighted by Gasteiger charge is 2.35. The molecule has 2 atom stereocenters. The summed E-state index contributed by atoms with van der Waals surface area (Å²) in [6.07, 6.45) is 1.30. The molecule has 0 bridgehead atoms. The molecule has 3 aromatic rings. The van der Waals surface area contributed by atoms with E-state index < -0.39 is 24.0 Å². The number of benzene rings is 2. The summed E-state index contributed by atoms with van der Waals surface area (Å²) in [5, 5.41) is 15.0. The van der Waals surface area contributed by atoms with Crippen LogP contribution in [0.3, 0.4) is 0 Å². The van der Waals surface area contributed by atoms with E-state index in [4.69, 9.17) is 4.74 Å². The molecule has 1 saturated carbocycles. The van der Waals surface area contributed by atoms with E-state index in [0.717, 1.165) is 40.0 Å². The number of aliphatic carboxylic acids is 1. The minimum absolute atomic E-state index is 0.0545. The SMILES string of the molecule is Cc1nc(NC(=O)OCC2c3ccccc3-c3ccccc32)sc1C(=O)N[C@@H]1CCC[C@@H]1C(=O)O. The molecule has 9 heteroatoms. The number of aromatic nitrogens is 1. The zero-order valence-electron chi connectivity index (χ0n) is 19.1. The fourth-order valence-electron chi connectivity index (χ4n) is 5.04. The van der Waals surface area contributed by atoms with Crippen molar-refractivity contribution < 1.29 is 24.2 Å². The van der Waals surface area contributed by atoms with Crippen LogP contribution in [0.25, 0.3) is 11.1 Å². The molecule has 1 heterocycles. The van der Waals surface area contributed by atoms with Crippen LogP contribution in [-0.2, 0) is 9.53 Å². The lowest BCUT2D eigenvalue weighted by Crippen LogP contribution is -2.40. The van der Waals surface area contributed by atoms with Gasteiger partial charge in [0.2, 0.25) is 0 Å². The fourth-order valence-corrected chi connectivity index (χ4v) is 5.90. The third-order valence-corrected chi connectivity index (χ3v) is 7.78.